The lowest BCUT2D eigenvalue weighted by Crippen LogP contribution is -2.38. The molecule has 2 aromatic rings. The summed E-state index contributed by atoms with van der Waals surface area (Å²) < 4.78 is 15.5. The SMILES string of the molecule is COC(=O)CN(C(=O)C1=CCC(OCc2ccc(C(=O)OC)cc2)CC1)c1ccccc1. The van der Waals surface area contributed by atoms with E-state index in [0.717, 1.165) is 5.56 Å². The maximum atomic E-state index is 13.1. The fourth-order valence-corrected chi connectivity index (χ4v) is 3.48. The first kappa shape index (κ1) is 23.2. The maximum Gasteiger partial charge on any atom is 0.337 e. The van der Waals surface area contributed by atoms with Crippen LogP contribution in [0.2, 0.25) is 0 Å². The zero-order chi connectivity index (χ0) is 22.9. The van der Waals surface area contributed by atoms with Gasteiger partial charge in [0.05, 0.1) is 32.5 Å². The Balaban J connectivity index is 1.59. The molecule has 1 atom stereocenters. The highest BCUT2D eigenvalue weighted by molar-refractivity contribution is 6.07. The van der Waals surface area contributed by atoms with Crippen LogP contribution < -0.4 is 4.90 Å². The van der Waals surface area contributed by atoms with Crippen molar-refractivity contribution < 1.29 is 28.6 Å². The number of nitrogens with zero attached hydrogens (tertiary/aromatic N) is 1. The standard InChI is InChI=1S/C25H27NO6/c1-30-23(27)16-26(21-6-4-3-5-7-21)24(28)19-12-14-22(15-13-19)32-17-18-8-10-20(11-9-18)25(29)31-2/h3-12,22H,13-17H2,1-2H3. The second kappa shape index (κ2) is 11.2. The minimum absolute atomic E-state index is 0.00221. The molecule has 0 spiro atoms. The van der Waals surface area contributed by atoms with Gasteiger partial charge < -0.3 is 14.2 Å². The zero-order valence-electron chi connectivity index (χ0n) is 18.3. The van der Waals surface area contributed by atoms with Gasteiger partial charge in [0.1, 0.15) is 6.54 Å². The summed E-state index contributed by atoms with van der Waals surface area (Å²) in [5.74, 6) is -1.04. The predicted molar refractivity (Wildman–Crippen MR) is 119 cm³/mol. The molecule has 1 aliphatic rings. The molecule has 0 saturated carbocycles. The largest absolute Gasteiger partial charge is 0.468 e. The highest BCUT2D eigenvalue weighted by Gasteiger charge is 2.26. The smallest absolute Gasteiger partial charge is 0.337 e. The second-order valence-electron chi connectivity index (χ2n) is 7.43. The minimum atomic E-state index is -0.474. The monoisotopic (exact) mass is 437 g/mol. The molecule has 2 aromatic carbocycles. The van der Waals surface area contributed by atoms with E-state index >= 15 is 0 Å². The number of hydrogen-bond acceptors (Lipinski definition) is 6. The van der Waals surface area contributed by atoms with E-state index in [1.54, 1.807) is 24.3 Å². The maximum absolute atomic E-state index is 13.1. The molecule has 0 bridgehead atoms. The Kier molecular flexibility index (Phi) is 8.16. The number of anilines is 1. The van der Waals surface area contributed by atoms with Crippen LogP contribution in [0.4, 0.5) is 5.69 Å². The molecule has 1 amide bonds. The molecule has 0 radical (unpaired) electrons. The van der Waals surface area contributed by atoms with Crippen molar-refractivity contribution in [2.75, 3.05) is 25.7 Å². The molecule has 0 saturated heterocycles. The lowest BCUT2D eigenvalue weighted by Gasteiger charge is -2.27. The number of hydrogen-bond donors (Lipinski definition) is 0. The van der Waals surface area contributed by atoms with Gasteiger partial charge in [0.2, 0.25) is 0 Å². The zero-order valence-corrected chi connectivity index (χ0v) is 18.3. The number of para-hydroxylation sites is 1. The van der Waals surface area contributed by atoms with Crippen molar-refractivity contribution in [1.82, 2.24) is 0 Å². The predicted octanol–water partition coefficient (Wildman–Crippen LogP) is 3.67. The molecule has 0 N–H and O–H groups in total. The van der Waals surface area contributed by atoms with Crippen LogP contribution in [-0.2, 0) is 30.4 Å². The normalized spacial score (nSPS) is 15.4. The Hall–Kier alpha value is -3.45. The molecule has 0 heterocycles. The summed E-state index contributed by atoms with van der Waals surface area (Å²) in [4.78, 5) is 37.9. The topological polar surface area (TPSA) is 82.1 Å². The van der Waals surface area contributed by atoms with Crippen molar-refractivity contribution in [3.05, 3.63) is 77.4 Å². The van der Waals surface area contributed by atoms with Crippen molar-refractivity contribution in [3.8, 4) is 0 Å². The van der Waals surface area contributed by atoms with E-state index in [4.69, 9.17) is 14.2 Å². The van der Waals surface area contributed by atoms with Crippen LogP contribution in [0.25, 0.3) is 0 Å². The molecule has 0 fully saturated rings. The highest BCUT2D eigenvalue weighted by Crippen LogP contribution is 2.25. The van der Waals surface area contributed by atoms with E-state index in [1.165, 1.54) is 19.1 Å². The van der Waals surface area contributed by atoms with Crippen LogP contribution in [0.15, 0.2) is 66.2 Å². The molecule has 7 heteroatoms. The third-order valence-corrected chi connectivity index (χ3v) is 5.33. The minimum Gasteiger partial charge on any atom is -0.468 e. The first-order chi connectivity index (χ1) is 15.5. The quantitative estimate of drug-likeness (QED) is 0.586. The second-order valence-corrected chi connectivity index (χ2v) is 7.43. The van der Waals surface area contributed by atoms with Crippen LogP contribution in [0, 0.1) is 0 Å². The number of amides is 1. The molecule has 3 rings (SSSR count). The van der Waals surface area contributed by atoms with Crippen LogP contribution in [0.5, 0.6) is 0 Å². The van der Waals surface area contributed by atoms with E-state index in [0.29, 0.717) is 42.7 Å². The van der Waals surface area contributed by atoms with Gasteiger partial charge in [-0.1, -0.05) is 36.4 Å². The average Bonchev–Trinajstić information content (AvgIpc) is 2.86. The van der Waals surface area contributed by atoms with Crippen LogP contribution in [0.3, 0.4) is 0 Å². The molecule has 32 heavy (non-hydrogen) atoms. The Morgan fingerprint density at radius 2 is 1.69 bits per heavy atom. The molecular formula is C25H27NO6. The van der Waals surface area contributed by atoms with E-state index in [2.05, 4.69) is 0 Å². The van der Waals surface area contributed by atoms with Gasteiger partial charge in [-0.05, 0) is 49.1 Å². The number of carbonyl (C=O) groups excluding carboxylic acids is 3. The Bertz CT molecular complexity index is 968. The molecule has 0 aliphatic heterocycles. The van der Waals surface area contributed by atoms with Gasteiger partial charge in [-0.15, -0.1) is 0 Å². The van der Waals surface area contributed by atoms with Crippen molar-refractivity contribution in [2.24, 2.45) is 0 Å². The Morgan fingerprint density at radius 1 is 0.969 bits per heavy atom. The summed E-state index contributed by atoms with van der Waals surface area (Å²) in [7, 11) is 2.66. The van der Waals surface area contributed by atoms with Crippen molar-refractivity contribution >= 4 is 23.5 Å². The number of methoxy groups -OCH3 is 2. The van der Waals surface area contributed by atoms with E-state index in [-0.39, 0.29) is 24.5 Å². The van der Waals surface area contributed by atoms with Crippen LogP contribution >= 0.6 is 0 Å². The van der Waals surface area contributed by atoms with E-state index in [9.17, 15) is 14.4 Å². The summed E-state index contributed by atoms with van der Waals surface area (Å²) in [6.45, 7) is 0.278. The summed E-state index contributed by atoms with van der Waals surface area (Å²) in [5.41, 5.74) is 2.77. The van der Waals surface area contributed by atoms with Gasteiger partial charge in [0, 0.05) is 11.3 Å². The first-order valence-corrected chi connectivity index (χ1v) is 10.4. The lowest BCUT2D eigenvalue weighted by atomic mass is 9.96. The molecule has 7 nitrogen and oxygen atoms in total. The van der Waals surface area contributed by atoms with Gasteiger partial charge >= 0.3 is 11.9 Å². The van der Waals surface area contributed by atoms with Gasteiger partial charge in [-0.25, -0.2) is 4.79 Å². The average molecular weight is 437 g/mol. The van der Waals surface area contributed by atoms with Crippen molar-refractivity contribution in [3.63, 3.8) is 0 Å². The molecule has 0 aromatic heterocycles. The Morgan fingerprint density at radius 3 is 2.28 bits per heavy atom. The Labute approximate surface area is 187 Å². The fourth-order valence-electron chi connectivity index (χ4n) is 3.48. The van der Waals surface area contributed by atoms with Gasteiger partial charge in [-0.3, -0.25) is 14.5 Å². The molecule has 1 unspecified atom stereocenters. The summed E-state index contributed by atoms with van der Waals surface area (Å²) in [5, 5.41) is 0. The number of rotatable bonds is 8. The summed E-state index contributed by atoms with van der Waals surface area (Å²) in [6.07, 6.45) is 3.78. The van der Waals surface area contributed by atoms with Crippen molar-refractivity contribution in [2.45, 2.75) is 32.0 Å². The third-order valence-electron chi connectivity index (χ3n) is 5.33. The van der Waals surface area contributed by atoms with E-state index in [1.807, 2.05) is 36.4 Å². The number of ether oxygens (including phenoxy) is 3. The molecular weight excluding hydrogens is 410 g/mol. The molecule has 1 aliphatic carbocycles. The van der Waals surface area contributed by atoms with Gasteiger partial charge in [0.15, 0.2) is 0 Å². The first-order valence-electron chi connectivity index (χ1n) is 10.4. The number of carbonyl (C=O) groups is 3. The van der Waals surface area contributed by atoms with Gasteiger partial charge in [-0.2, -0.15) is 0 Å². The van der Waals surface area contributed by atoms with Crippen LogP contribution in [0.1, 0.15) is 35.2 Å². The van der Waals surface area contributed by atoms with Crippen molar-refractivity contribution in [1.29, 1.82) is 0 Å². The number of esters is 2. The lowest BCUT2D eigenvalue weighted by molar-refractivity contribution is -0.139. The summed E-state index contributed by atoms with van der Waals surface area (Å²) in [6, 6.07) is 16.2. The molecule has 168 valence electrons. The third kappa shape index (κ3) is 6.04. The highest BCUT2D eigenvalue weighted by atomic mass is 16.5. The summed E-state index contributed by atoms with van der Waals surface area (Å²) >= 11 is 0. The number of benzene rings is 2. The van der Waals surface area contributed by atoms with E-state index < -0.39 is 5.97 Å². The fraction of sp³-hybridized carbons (Fsp3) is 0.320. The van der Waals surface area contributed by atoms with Gasteiger partial charge in [0.25, 0.3) is 5.91 Å². The van der Waals surface area contributed by atoms with Crippen LogP contribution in [-0.4, -0.2) is 44.7 Å².